The summed E-state index contributed by atoms with van der Waals surface area (Å²) in [5.41, 5.74) is -1.59. The summed E-state index contributed by atoms with van der Waals surface area (Å²) in [5.74, 6) is -9.08. The first-order chi connectivity index (χ1) is 7.79. The molecule has 1 atom stereocenters. The van der Waals surface area contributed by atoms with E-state index in [9.17, 15) is 35.2 Å². The van der Waals surface area contributed by atoms with E-state index in [0.29, 0.717) is 0 Å². The van der Waals surface area contributed by atoms with Gasteiger partial charge in [-0.2, -0.15) is 22.0 Å². The van der Waals surface area contributed by atoms with Crippen LogP contribution in [0.5, 0.6) is 0 Å². The van der Waals surface area contributed by atoms with Crippen molar-refractivity contribution in [1.82, 2.24) is 5.32 Å². The lowest BCUT2D eigenvalue weighted by Crippen LogP contribution is -2.57. The Kier molecular flexibility index (Phi) is 3.39. The number of alkyl halides is 5. The van der Waals surface area contributed by atoms with Gasteiger partial charge in [0.2, 0.25) is 0 Å². The highest BCUT2D eigenvalue weighted by atomic mass is 32.2. The van der Waals surface area contributed by atoms with E-state index in [4.69, 9.17) is 0 Å². The lowest BCUT2D eigenvalue weighted by molar-refractivity contribution is -0.270. The average Bonchev–Trinajstić information content (AvgIpc) is 2.38. The van der Waals surface area contributed by atoms with E-state index < -0.39 is 39.1 Å². The number of hydrogen-bond acceptors (Lipinski definition) is 3. The topological polar surface area (TPSA) is 63.2 Å². The van der Waals surface area contributed by atoms with Crippen molar-refractivity contribution in [3.05, 3.63) is 0 Å². The molecule has 0 aromatic rings. The summed E-state index contributed by atoms with van der Waals surface area (Å²) < 4.78 is 83.3. The Labute approximate surface area is 99.5 Å². The lowest BCUT2D eigenvalue weighted by atomic mass is 10.0. The van der Waals surface area contributed by atoms with Crippen molar-refractivity contribution < 1.29 is 35.2 Å². The number of carbonyl (C=O) groups is 1. The number of amides is 1. The van der Waals surface area contributed by atoms with E-state index in [1.54, 1.807) is 0 Å². The van der Waals surface area contributed by atoms with Gasteiger partial charge in [-0.05, 0) is 13.3 Å². The SMILES string of the molecule is CC1(NC(=O)C(F)(F)C(F)(F)F)CCS(=O)(=O)C1. The zero-order valence-corrected chi connectivity index (χ0v) is 9.96. The Bertz CT molecular complexity index is 458. The Morgan fingerprint density at radius 2 is 1.72 bits per heavy atom. The van der Waals surface area contributed by atoms with Gasteiger partial charge in [0.15, 0.2) is 9.84 Å². The second kappa shape index (κ2) is 4.04. The molecule has 0 aromatic carbocycles. The molecule has 0 aromatic heterocycles. The van der Waals surface area contributed by atoms with Crippen molar-refractivity contribution in [2.75, 3.05) is 11.5 Å². The monoisotopic (exact) mass is 295 g/mol. The van der Waals surface area contributed by atoms with E-state index in [0.717, 1.165) is 6.92 Å². The maximum atomic E-state index is 12.7. The zero-order valence-electron chi connectivity index (χ0n) is 9.14. The molecule has 1 aliphatic rings. The van der Waals surface area contributed by atoms with Crippen molar-refractivity contribution in [3.63, 3.8) is 0 Å². The van der Waals surface area contributed by atoms with Crippen LogP contribution in [0.3, 0.4) is 0 Å². The van der Waals surface area contributed by atoms with Crippen LogP contribution < -0.4 is 5.32 Å². The highest BCUT2D eigenvalue weighted by molar-refractivity contribution is 7.91. The summed E-state index contributed by atoms with van der Waals surface area (Å²) in [6.07, 6.45) is -6.21. The molecule has 0 radical (unpaired) electrons. The maximum Gasteiger partial charge on any atom is 0.463 e. The van der Waals surface area contributed by atoms with Crippen molar-refractivity contribution in [1.29, 1.82) is 0 Å². The molecule has 0 saturated carbocycles. The molecular formula is C8H10F5NO3S. The standard InChI is InChI=1S/C8H10F5NO3S/c1-6(2-3-18(16,17)4-6)14-5(15)7(9,10)8(11,12)13/h2-4H2,1H3,(H,14,15). The third-order valence-electron chi connectivity index (χ3n) is 2.56. The molecule has 18 heavy (non-hydrogen) atoms. The van der Waals surface area contributed by atoms with E-state index >= 15 is 0 Å². The van der Waals surface area contributed by atoms with Crippen LogP contribution in [-0.4, -0.2) is 43.5 Å². The molecule has 1 aliphatic heterocycles. The molecular weight excluding hydrogens is 285 g/mol. The molecule has 0 bridgehead atoms. The maximum absolute atomic E-state index is 12.7. The number of hydrogen-bond donors (Lipinski definition) is 1. The van der Waals surface area contributed by atoms with Crippen molar-refractivity contribution in [2.45, 2.75) is 31.0 Å². The normalized spacial score (nSPS) is 28.1. The summed E-state index contributed by atoms with van der Waals surface area (Å²) in [7, 11) is -3.52. The first kappa shape index (κ1) is 15.1. The number of halogens is 5. The fourth-order valence-electron chi connectivity index (χ4n) is 1.59. The molecule has 1 unspecified atom stereocenters. The largest absolute Gasteiger partial charge is 0.463 e. The highest BCUT2D eigenvalue weighted by Gasteiger charge is 2.64. The number of sulfone groups is 1. The number of nitrogens with one attached hydrogen (secondary N) is 1. The van der Waals surface area contributed by atoms with Crippen LogP contribution >= 0.6 is 0 Å². The van der Waals surface area contributed by atoms with Gasteiger partial charge in [-0.15, -0.1) is 0 Å². The van der Waals surface area contributed by atoms with Gasteiger partial charge in [-0.3, -0.25) is 4.79 Å². The molecule has 0 aliphatic carbocycles. The van der Waals surface area contributed by atoms with Gasteiger partial charge in [0.05, 0.1) is 17.0 Å². The molecule has 10 heteroatoms. The summed E-state index contributed by atoms with van der Waals surface area (Å²) >= 11 is 0. The lowest BCUT2D eigenvalue weighted by Gasteiger charge is -2.27. The second-order valence-electron chi connectivity index (χ2n) is 4.43. The highest BCUT2D eigenvalue weighted by Crippen LogP contribution is 2.36. The minimum atomic E-state index is -6.01. The third-order valence-corrected chi connectivity index (χ3v) is 4.46. The third kappa shape index (κ3) is 2.90. The van der Waals surface area contributed by atoms with Gasteiger partial charge in [0.1, 0.15) is 0 Å². The number of rotatable bonds is 2. The molecule has 4 nitrogen and oxygen atoms in total. The average molecular weight is 295 g/mol. The zero-order chi connectivity index (χ0) is 14.4. The molecule has 106 valence electrons. The fourth-order valence-corrected chi connectivity index (χ4v) is 3.68. The van der Waals surface area contributed by atoms with Crippen molar-refractivity contribution in [2.24, 2.45) is 0 Å². The Morgan fingerprint density at radius 3 is 2.06 bits per heavy atom. The predicted molar refractivity (Wildman–Crippen MR) is 50.8 cm³/mol. The Hall–Kier alpha value is -0.930. The minimum Gasteiger partial charge on any atom is -0.344 e. The van der Waals surface area contributed by atoms with Crippen LogP contribution in [0.25, 0.3) is 0 Å². The van der Waals surface area contributed by atoms with E-state index in [-0.39, 0.29) is 12.2 Å². The minimum absolute atomic E-state index is 0.199. The van der Waals surface area contributed by atoms with Crippen LogP contribution in [0.15, 0.2) is 0 Å². The van der Waals surface area contributed by atoms with E-state index in [2.05, 4.69) is 0 Å². The predicted octanol–water partition coefficient (Wildman–Crippen LogP) is 0.877. The molecule has 0 spiro atoms. The summed E-state index contributed by atoms with van der Waals surface area (Å²) in [6, 6.07) is 0. The van der Waals surface area contributed by atoms with Crippen LogP contribution in [0, 0.1) is 0 Å². The first-order valence-corrected chi connectivity index (χ1v) is 6.59. The van der Waals surface area contributed by atoms with Crippen molar-refractivity contribution in [3.8, 4) is 0 Å². The molecule has 1 saturated heterocycles. The van der Waals surface area contributed by atoms with Crippen molar-refractivity contribution >= 4 is 15.7 Å². The van der Waals surface area contributed by atoms with Gasteiger partial charge in [0, 0.05) is 0 Å². The van der Waals surface area contributed by atoms with Crippen LogP contribution in [0.4, 0.5) is 22.0 Å². The van der Waals surface area contributed by atoms with Gasteiger partial charge < -0.3 is 5.32 Å². The Balaban J connectivity index is 2.84. The molecule has 1 fully saturated rings. The summed E-state index contributed by atoms with van der Waals surface area (Å²) in [4.78, 5) is 10.9. The van der Waals surface area contributed by atoms with Crippen LogP contribution in [0.1, 0.15) is 13.3 Å². The quantitative estimate of drug-likeness (QED) is 0.769. The van der Waals surface area contributed by atoms with Gasteiger partial charge in [-0.25, -0.2) is 8.42 Å². The summed E-state index contributed by atoms with van der Waals surface area (Å²) in [6.45, 7) is 1.11. The first-order valence-electron chi connectivity index (χ1n) is 4.77. The van der Waals surface area contributed by atoms with Gasteiger partial charge >= 0.3 is 18.0 Å². The Morgan fingerprint density at radius 1 is 1.22 bits per heavy atom. The van der Waals surface area contributed by atoms with Gasteiger partial charge in [-0.1, -0.05) is 0 Å². The number of carbonyl (C=O) groups excluding carboxylic acids is 1. The second-order valence-corrected chi connectivity index (χ2v) is 6.61. The molecule has 1 rings (SSSR count). The smallest absolute Gasteiger partial charge is 0.344 e. The fraction of sp³-hybridized carbons (Fsp3) is 0.875. The molecule has 1 amide bonds. The molecule has 1 heterocycles. The van der Waals surface area contributed by atoms with Crippen LogP contribution in [0.2, 0.25) is 0 Å². The van der Waals surface area contributed by atoms with Crippen LogP contribution in [-0.2, 0) is 14.6 Å². The van der Waals surface area contributed by atoms with E-state index in [1.165, 1.54) is 5.32 Å². The van der Waals surface area contributed by atoms with E-state index in [1.807, 2.05) is 0 Å². The molecule has 1 N–H and O–H groups in total. The van der Waals surface area contributed by atoms with Gasteiger partial charge in [0.25, 0.3) is 0 Å². The summed E-state index contributed by atoms with van der Waals surface area (Å²) in [5, 5.41) is 1.47.